The van der Waals surface area contributed by atoms with Crippen LogP contribution >= 0.6 is 0 Å². The molecule has 64 valence electrons. The number of ether oxygens (including phenoxy) is 2. The largest absolute Gasteiger partial charge is 0.388 e. The van der Waals surface area contributed by atoms with E-state index in [4.69, 9.17) is 9.47 Å². The van der Waals surface area contributed by atoms with E-state index in [0.29, 0.717) is 13.2 Å². The van der Waals surface area contributed by atoms with E-state index in [2.05, 4.69) is 0 Å². The summed E-state index contributed by atoms with van der Waals surface area (Å²) in [4.78, 5) is 0. The number of rotatable bonds is 0. The molecule has 11 heavy (non-hydrogen) atoms. The SMILES string of the molecule is O[C@H]1CCCCC12OCCO2. The lowest BCUT2D eigenvalue weighted by Crippen LogP contribution is -2.45. The first kappa shape index (κ1) is 7.53. The molecule has 3 nitrogen and oxygen atoms in total. The summed E-state index contributed by atoms with van der Waals surface area (Å²) in [6, 6.07) is 0. The molecule has 1 heterocycles. The number of hydrogen-bond donors (Lipinski definition) is 1. The molecule has 2 rings (SSSR count). The van der Waals surface area contributed by atoms with Gasteiger partial charge in [0.25, 0.3) is 0 Å². The molecule has 1 spiro atoms. The van der Waals surface area contributed by atoms with Gasteiger partial charge >= 0.3 is 0 Å². The molecule has 1 N–H and O–H groups in total. The quantitative estimate of drug-likeness (QED) is 0.563. The van der Waals surface area contributed by atoms with E-state index in [9.17, 15) is 5.11 Å². The summed E-state index contributed by atoms with van der Waals surface area (Å²) in [7, 11) is 0. The third kappa shape index (κ3) is 1.17. The van der Waals surface area contributed by atoms with Gasteiger partial charge in [-0.1, -0.05) is 6.42 Å². The molecular weight excluding hydrogens is 144 g/mol. The van der Waals surface area contributed by atoms with E-state index >= 15 is 0 Å². The highest BCUT2D eigenvalue weighted by molar-refractivity contribution is 4.86. The zero-order valence-corrected chi connectivity index (χ0v) is 6.58. The van der Waals surface area contributed by atoms with Crippen molar-refractivity contribution in [2.24, 2.45) is 0 Å². The minimum absolute atomic E-state index is 0.404. The van der Waals surface area contributed by atoms with Gasteiger partial charge in [-0.15, -0.1) is 0 Å². The lowest BCUT2D eigenvalue weighted by molar-refractivity contribution is -0.235. The van der Waals surface area contributed by atoms with Crippen molar-refractivity contribution in [2.75, 3.05) is 13.2 Å². The molecule has 2 aliphatic rings. The topological polar surface area (TPSA) is 38.7 Å². The van der Waals surface area contributed by atoms with Gasteiger partial charge in [0.15, 0.2) is 5.79 Å². The van der Waals surface area contributed by atoms with Crippen LogP contribution in [0, 0.1) is 0 Å². The van der Waals surface area contributed by atoms with E-state index < -0.39 is 11.9 Å². The number of hydrogen-bond acceptors (Lipinski definition) is 3. The summed E-state index contributed by atoms with van der Waals surface area (Å²) in [5.74, 6) is -0.613. The molecule has 0 aromatic rings. The summed E-state index contributed by atoms with van der Waals surface area (Å²) < 4.78 is 10.8. The molecule has 1 saturated heterocycles. The summed E-state index contributed by atoms with van der Waals surface area (Å²) >= 11 is 0. The first-order chi connectivity index (χ1) is 5.33. The van der Waals surface area contributed by atoms with Crippen molar-refractivity contribution in [1.82, 2.24) is 0 Å². The first-order valence-electron chi connectivity index (χ1n) is 4.29. The second-order valence-electron chi connectivity index (χ2n) is 3.27. The predicted molar refractivity (Wildman–Crippen MR) is 39.1 cm³/mol. The molecule has 0 unspecified atom stereocenters. The van der Waals surface area contributed by atoms with E-state index in [1.807, 2.05) is 0 Å². The van der Waals surface area contributed by atoms with Crippen molar-refractivity contribution >= 4 is 0 Å². The molecule has 1 aliphatic heterocycles. The minimum Gasteiger partial charge on any atom is -0.388 e. The molecule has 0 aromatic carbocycles. The Balaban J connectivity index is 2.07. The van der Waals surface area contributed by atoms with Gasteiger partial charge in [-0.2, -0.15) is 0 Å². The van der Waals surface area contributed by atoms with Crippen LogP contribution in [0.2, 0.25) is 0 Å². The van der Waals surface area contributed by atoms with Crippen LogP contribution in [0.1, 0.15) is 25.7 Å². The van der Waals surface area contributed by atoms with Crippen LogP contribution in [0.25, 0.3) is 0 Å². The standard InChI is InChI=1S/C8H14O3/c9-7-3-1-2-4-8(7)10-5-6-11-8/h7,9H,1-6H2/t7-/m0/s1. The number of aliphatic hydroxyl groups excluding tert-OH is 1. The van der Waals surface area contributed by atoms with Crippen molar-refractivity contribution in [3.05, 3.63) is 0 Å². The Morgan fingerprint density at radius 1 is 1.18 bits per heavy atom. The van der Waals surface area contributed by atoms with E-state index in [1.165, 1.54) is 0 Å². The fraction of sp³-hybridized carbons (Fsp3) is 1.00. The maximum atomic E-state index is 9.61. The van der Waals surface area contributed by atoms with E-state index in [1.54, 1.807) is 0 Å². The zero-order chi connectivity index (χ0) is 7.73. The van der Waals surface area contributed by atoms with Crippen LogP contribution in [-0.2, 0) is 9.47 Å². The summed E-state index contributed by atoms with van der Waals surface area (Å²) in [6.07, 6.45) is 3.47. The maximum absolute atomic E-state index is 9.61. The average molecular weight is 158 g/mol. The van der Waals surface area contributed by atoms with E-state index in [-0.39, 0.29) is 0 Å². The highest BCUT2D eigenvalue weighted by atomic mass is 16.7. The Labute approximate surface area is 66.3 Å². The Hall–Kier alpha value is -0.120. The van der Waals surface area contributed by atoms with Gasteiger partial charge in [-0.3, -0.25) is 0 Å². The normalized spacial score (nSPS) is 36.3. The smallest absolute Gasteiger partial charge is 0.194 e. The highest BCUT2D eigenvalue weighted by Gasteiger charge is 2.44. The van der Waals surface area contributed by atoms with Crippen LogP contribution in [0.4, 0.5) is 0 Å². The van der Waals surface area contributed by atoms with Gasteiger partial charge in [-0.25, -0.2) is 0 Å². The molecular formula is C8H14O3. The molecule has 1 saturated carbocycles. The molecule has 0 radical (unpaired) electrons. The summed E-state index contributed by atoms with van der Waals surface area (Å²) in [5, 5.41) is 9.61. The lowest BCUT2D eigenvalue weighted by Gasteiger charge is -2.35. The molecule has 0 aromatic heterocycles. The van der Waals surface area contributed by atoms with Crippen LogP contribution < -0.4 is 0 Å². The average Bonchev–Trinajstić information content (AvgIpc) is 2.46. The van der Waals surface area contributed by atoms with Crippen LogP contribution in [0.5, 0.6) is 0 Å². The number of aliphatic hydroxyl groups is 1. The molecule has 2 fully saturated rings. The van der Waals surface area contributed by atoms with Gasteiger partial charge in [0.2, 0.25) is 0 Å². The molecule has 0 amide bonds. The van der Waals surface area contributed by atoms with E-state index in [0.717, 1.165) is 25.7 Å². The third-order valence-corrected chi connectivity index (χ3v) is 2.54. The van der Waals surface area contributed by atoms with Crippen molar-refractivity contribution in [1.29, 1.82) is 0 Å². The van der Waals surface area contributed by atoms with Crippen molar-refractivity contribution < 1.29 is 14.6 Å². The van der Waals surface area contributed by atoms with Crippen LogP contribution in [0.3, 0.4) is 0 Å². The van der Waals surface area contributed by atoms with Crippen molar-refractivity contribution in [2.45, 2.75) is 37.6 Å². The van der Waals surface area contributed by atoms with Gasteiger partial charge in [0.1, 0.15) is 6.10 Å². The van der Waals surface area contributed by atoms with Crippen LogP contribution in [-0.4, -0.2) is 30.2 Å². The summed E-state index contributed by atoms with van der Waals surface area (Å²) in [5.41, 5.74) is 0. The molecule has 0 bridgehead atoms. The molecule has 1 atom stereocenters. The van der Waals surface area contributed by atoms with Crippen molar-refractivity contribution in [3.63, 3.8) is 0 Å². The van der Waals surface area contributed by atoms with Gasteiger partial charge in [-0.05, 0) is 12.8 Å². The van der Waals surface area contributed by atoms with Gasteiger partial charge < -0.3 is 14.6 Å². The van der Waals surface area contributed by atoms with Crippen molar-refractivity contribution in [3.8, 4) is 0 Å². The Bertz CT molecular complexity index is 140. The highest BCUT2D eigenvalue weighted by Crippen LogP contribution is 2.35. The summed E-state index contributed by atoms with van der Waals surface area (Å²) in [6.45, 7) is 1.27. The second-order valence-corrected chi connectivity index (χ2v) is 3.27. The fourth-order valence-corrected chi connectivity index (χ4v) is 1.90. The Morgan fingerprint density at radius 3 is 2.55 bits per heavy atom. The Morgan fingerprint density at radius 2 is 1.91 bits per heavy atom. The van der Waals surface area contributed by atoms with Gasteiger partial charge in [0.05, 0.1) is 13.2 Å². The fourth-order valence-electron chi connectivity index (χ4n) is 1.90. The second kappa shape index (κ2) is 2.73. The third-order valence-electron chi connectivity index (χ3n) is 2.54. The first-order valence-corrected chi connectivity index (χ1v) is 4.29. The van der Waals surface area contributed by atoms with Gasteiger partial charge in [0, 0.05) is 6.42 Å². The molecule has 1 aliphatic carbocycles. The maximum Gasteiger partial charge on any atom is 0.194 e. The Kier molecular flexibility index (Phi) is 1.87. The minimum atomic E-state index is -0.613. The predicted octanol–water partition coefficient (Wildman–Crippen LogP) is 0.664. The lowest BCUT2D eigenvalue weighted by atomic mass is 9.91. The molecule has 3 heteroatoms. The monoisotopic (exact) mass is 158 g/mol. The zero-order valence-electron chi connectivity index (χ0n) is 6.58. The van der Waals surface area contributed by atoms with Crippen LogP contribution in [0.15, 0.2) is 0 Å².